The molecule has 3 rings (SSSR count). The van der Waals surface area contributed by atoms with E-state index in [4.69, 9.17) is 0 Å². The summed E-state index contributed by atoms with van der Waals surface area (Å²) < 4.78 is 0. The molecule has 2 atom stereocenters. The van der Waals surface area contributed by atoms with Crippen molar-refractivity contribution in [1.29, 1.82) is 0 Å². The molecule has 7 heteroatoms. The molecule has 1 aliphatic heterocycles. The molecule has 0 radical (unpaired) electrons. The van der Waals surface area contributed by atoms with Crippen molar-refractivity contribution in [2.45, 2.75) is 38.4 Å². The van der Waals surface area contributed by atoms with Crippen LogP contribution in [-0.4, -0.2) is 55.5 Å². The molecule has 6 nitrogen and oxygen atoms in total. The highest BCUT2D eigenvalue weighted by Crippen LogP contribution is 2.20. The number of carbonyl (C=O) groups excluding carboxylic acids is 1. The number of aliphatic imine (C=N–C) groups is 1. The van der Waals surface area contributed by atoms with E-state index < -0.39 is 0 Å². The minimum atomic E-state index is -0.0310. The normalized spacial score (nSPS) is 18.8. The van der Waals surface area contributed by atoms with Crippen LogP contribution in [0.4, 0.5) is 0 Å². The number of rotatable bonds is 8. The van der Waals surface area contributed by atoms with Gasteiger partial charge >= 0.3 is 0 Å². The zero-order valence-electron chi connectivity index (χ0n) is 18.4. The van der Waals surface area contributed by atoms with Crippen molar-refractivity contribution in [3.05, 3.63) is 71.8 Å². The van der Waals surface area contributed by atoms with Crippen LogP contribution in [0.25, 0.3) is 0 Å². The molecular formula is C24H34IN5O. The Morgan fingerprint density at radius 2 is 1.68 bits per heavy atom. The SMILES string of the molecule is CN=C(NCCCNC(=O)c1ccccc1)NC1CC(C)N(Cc2ccccc2)C1.I. The van der Waals surface area contributed by atoms with Gasteiger partial charge in [-0.2, -0.15) is 0 Å². The summed E-state index contributed by atoms with van der Waals surface area (Å²) in [5.74, 6) is 0.791. The van der Waals surface area contributed by atoms with Crippen LogP contribution in [0.1, 0.15) is 35.7 Å². The van der Waals surface area contributed by atoms with Crippen LogP contribution in [0.2, 0.25) is 0 Å². The fourth-order valence-electron chi connectivity index (χ4n) is 3.82. The Morgan fingerprint density at radius 3 is 2.35 bits per heavy atom. The van der Waals surface area contributed by atoms with Crippen LogP contribution >= 0.6 is 24.0 Å². The van der Waals surface area contributed by atoms with Crippen molar-refractivity contribution >= 4 is 35.8 Å². The summed E-state index contributed by atoms with van der Waals surface area (Å²) in [5.41, 5.74) is 2.04. The van der Waals surface area contributed by atoms with Gasteiger partial charge in [-0.15, -0.1) is 24.0 Å². The number of hydrogen-bond acceptors (Lipinski definition) is 3. The van der Waals surface area contributed by atoms with Gasteiger partial charge < -0.3 is 16.0 Å². The lowest BCUT2D eigenvalue weighted by molar-refractivity contribution is 0.0953. The summed E-state index contributed by atoms with van der Waals surface area (Å²) in [5, 5.41) is 9.86. The Balaban J connectivity index is 0.00000341. The lowest BCUT2D eigenvalue weighted by Crippen LogP contribution is -2.45. The number of benzene rings is 2. The number of guanidine groups is 1. The molecule has 31 heavy (non-hydrogen) atoms. The summed E-state index contributed by atoms with van der Waals surface area (Å²) in [4.78, 5) is 18.9. The van der Waals surface area contributed by atoms with Gasteiger partial charge in [0.15, 0.2) is 5.96 Å². The predicted molar refractivity (Wildman–Crippen MR) is 138 cm³/mol. The monoisotopic (exact) mass is 535 g/mol. The van der Waals surface area contributed by atoms with Crippen molar-refractivity contribution in [3.63, 3.8) is 0 Å². The molecule has 2 unspecified atom stereocenters. The van der Waals surface area contributed by atoms with E-state index in [-0.39, 0.29) is 29.9 Å². The first-order chi connectivity index (χ1) is 14.7. The molecule has 1 amide bonds. The Hall–Kier alpha value is -2.13. The van der Waals surface area contributed by atoms with Crippen LogP contribution in [0.3, 0.4) is 0 Å². The van der Waals surface area contributed by atoms with Crippen molar-refractivity contribution in [1.82, 2.24) is 20.9 Å². The first-order valence-corrected chi connectivity index (χ1v) is 10.7. The molecule has 3 N–H and O–H groups in total. The standard InChI is InChI=1S/C24H33N5O.HI/c1-19-16-22(18-29(19)17-20-10-5-3-6-11-20)28-24(25-2)27-15-9-14-26-23(30)21-12-7-4-8-13-21;/h3-8,10-13,19,22H,9,14-18H2,1-2H3,(H,26,30)(H2,25,27,28);1H. The lowest BCUT2D eigenvalue weighted by atomic mass is 10.2. The van der Waals surface area contributed by atoms with Crippen LogP contribution < -0.4 is 16.0 Å². The smallest absolute Gasteiger partial charge is 0.251 e. The quantitative estimate of drug-likeness (QED) is 0.210. The van der Waals surface area contributed by atoms with Gasteiger partial charge in [-0.3, -0.25) is 14.7 Å². The number of halogens is 1. The largest absolute Gasteiger partial charge is 0.356 e. The van der Waals surface area contributed by atoms with E-state index in [2.05, 4.69) is 63.1 Å². The van der Waals surface area contributed by atoms with Gasteiger partial charge in [0.1, 0.15) is 0 Å². The maximum Gasteiger partial charge on any atom is 0.251 e. The molecule has 0 saturated carbocycles. The number of nitrogens with zero attached hydrogens (tertiary/aromatic N) is 2. The molecule has 0 aromatic heterocycles. The minimum absolute atomic E-state index is 0. The van der Waals surface area contributed by atoms with E-state index in [1.54, 1.807) is 7.05 Å². The average Bonchev–Trinajstić information content (AvgIpc) is 3.12. The van der Waals surface area contributed by atoms with Crippen LogP contribution in [0, 0.1) is 0 Å². The Labute approximate surface area is 202 Å². The van der Waals surface area contributed by atoms with Gasteiger partial charge in [0, 0.05) is 50.9 Å². The van der Waals surface area contributed by atoms with Crippen molar-refractivity contribution in [2.24, 2.45) is 4.99 Å². The van der Waals surface area contributed by atoms with E-state index in [1.807, 2.05) is 30.3 Å². The van der Waals surface area contributed by atoms with E-state index in [0.717, 1.165) is 38.4 Å². The number of carbonyl (C=O) groups is 1. The highest BCUT2D eigenvalue weighted by molar-refractivity contribution is 14.0. The van der Waals surface area contributed by atoms with E-state index in [0.29, 0.717) is 24.2 Å². The summed E-state index contributed by atoms with van der Waals surface area (Å²) in [7, 11) is 1.80. The summed E-state index contributed by atoms with van der Waals surface area (Å²) in [6.45, 7) is 5.65. The van der Waals surface area contributed by atoms with Gasteiger partial charge in [-0.05, 0) is 37.5 Å². The number of likely N-dealkylation sites (tertiary alicyclic amines) is 1. The van der Waals surface area contributed by atoms with Crippen molar-refractivity contribution < 1.29 is 4.79 Å². The van der Waals surface area contributed by atoms with Gasteiger partial charge in [0.05, 0.1) is 0 Å². The molecule has 1 saturated heterocycles. The molecule has 2 aromatic rings. The second-order valence-electron chi connectivity index (χ2n) is 7.82. The van der Waals surface area contributed by atoms with Gasteiger partial charge in [-0.25, -0.2) is 0 Å². The topological polar surface area (TPSA) is 68.8 Å². The fraction of sp³-hybridized carbons (Fsp3) is 0.417. The third-order valence-corrected chi connectivity index (χ3v) is 5.46. The lowest BCUT2D eigenvalue weighted by Gasteiger charge is -2.21. The van der Waals surface area contributed by atoms with E-state index in [9.17, 15) is 4.79 Å². The second-order valence-corrected chi connectivity index (χ2v) is 7.82. The molecule has 0 spiro atoms. The molecule has 168 valence electrons. The third kappa shape index (κ3) is 8.14. The second kappa shape index (κ2) is 13.3. The van der Waals surface area contributed by atoms with Crippen LogP contribution in [0.15, 0.2) is 65.7 Å². The Kier molecular flexibility index (Phi) is 10.8. The first kappa shape index (κ1) is 25.1. The maximum absolute atomic E-state index is 12.0. The molecule has 0 aliphatic carbocycles. The maximum atomic E-state index is 12.0. The average molecular weight is 535 g/mol. The third-order valence-electron chi connectivity index (χ3n) is 5.46. The number of nitrogens with one attached hydrogen (secondary N) is 3. The minimum Gasteiger partial charge on any atom is -0.356 e. The molecule has 1 heterocycles. The Morgan fingerprint density at radius 1 is 1.03 bits per heavy atom. The zero-order chi connectivity index (χ0) is 21.2. The van der Waals surface area contributed by atoms with E-state index >= 15 is 0 Å². The predicted octanol–water partition coefficient (Wildman–Crippen LogP) is 3.25. The van der Waals surface area contributed by atoms with Gasteiger partial charge in [0.25, 0.3) is 5.91 Å². The molecule has 0 bridgehead atoms. The molecular weight excluding hydrogens is 501 g/mol. The number of hydrogen-bond donors (Lipinski definition) is 3. The van der Waals surface area contributed by atoms with Gasteiger partial charge in [-0.1, -0.05) is 48.5 Å². The number of amides is 1. The summed E-state index contributed by atoms with van der Waals surface area (Å²) in [6, 6.07) is 20.8. The van der Waals surface area contributed by atoms with Gasteiger partial charge in [0.2, 0.25) is 0 Å². The molecule has 1 aliphatic rings. The van der Waals surface area contributed by atoms with Crippen molar-refractivity contribution in [2.75, 3.05) is 26.7 Å². The van der Waals surface area contributed by atoms with Crippen LogP contribution in [-0.2, 0) is 6.54 Å². The fourth-order valence-corrected chi connectivity index (χ4v) is 3.82. The Bertz CT molecular complexity index is 815. The van der Waals surface area contributed by atoms with Crippen LogP contribution in [0.5, 0.6) is 0 Å². The molecule has 2 aromatic carbocycles. The molecule has 1 fully saturated rings. The van der Waals surface area contributed by atoms with E-state index in [1.165, 1.54) is 5.56 Å². The highest BCUT2D eigenvalue weighted by Gasteiger charge is 2.29. The first-order valence-electron chi connectivity index (χ1n) is 10.7. The zero-order valence-corrected chi connectivity index (χ0v) is 20.7. The summed E-state index contributed by atoms with van der Waals surface area (Å²) >= 11 is 0. The highest BCUT2D eigenvalue weighted by atomic mass is 127. The van der Waals surface area contributed by atoms with Crippen molar-refractivity contribution in [3.8, 4) is 0 Å². The summed E-state index contributed by atoms with van der Waals surface area (Å²) in [6.07, 6.45) is 1.93.